The minimum atomic E-state index is -4.59. The zero-order valence-corrected chi connectivity index (χ0v) is 19.2. The number of nitrogens with zero attached hydrogens (tertiary/aromatic N) is 2. The number of halogens is 3. The number of aromatic nitrogens is 1. The highest BCUT2D eigenvalue weighted by molar-refractivity contribution is 7.90. The van der Waals surface area contributed by atoms with E-state index in [2.05, 4.69) is 4.74 Å². The Morgan fingerprint density at radius 1 is 1.09 bits per heavy atom. The van der Waals surface area contributed by atoms with Gasteiger partial charge in [-0.2, -0.15) is 13.2 Å². The summed E-state index contributed by atoms with van der Waals surface area (Å²) < 4.78 is 72.6. The second kappa shape index (κ2) is 8.46. The number of rotatable bonds is 5. The molecule has 0 spiro atoms. The Balaban J connectivity index is 1.85. The van der Waals surface area contributed by atoms with Gasteiger partial charge in [-0.1, -0.05) is 0 Å². The first kappa shape index (κ1) is 23.8. The van der Waals surface area contributed by atoms with Crippen LogP contribution in [0.1, 0.15) is 30.2 Å². The van der Waals surface area contributed by atoms with Crippen molar-refractivity contribution in [2.45, 2.75) is 37.3 Å². The molecule has 11 heteroatoms. The zero-order chi connectivity index (χ0) is 24.8. The maximum atomic E-state index is 13.7. The van der Waals surface area contributed by atoms with Crippen molar-refractivity contribution >= 4 is 38.5 Å². The second-order valence-electron chi connectivity index (χ2n) is 7.96. The minimum absolute atomic E-state index is 0.0506. The summed E-state index contributed by atoms with van der Waals surface area (Å²) in [6.07, 6.45) is -4.31. The van der Waals surface area contributed by atoms with E-state index in [1.807, 2.05) is 0 Å². The Bertz CT molecular complexity index is 1410. The van der Waals surface area contributed by atoms with E-state index in [4.69, 9.17) is 0 Å². The molecule has 1 aromatic heterocycles. The number of amides is 1. The van der Waals surface area contributed by atoms with Crippen LogP contribution in [0.15, 0.2) is 47.4 Å². The molecule has 0 aliphatic carbocycles. The van der Waals surface area contributed by atoms with E-state index >= 15 is 0 Å². The second-order valence-corrected chi connectivity index (χ2v) is 9.75. The number of fused-ring (bicyclic) bond motifs is 2. The number of carbonyl (C=O) groups excluding carboxylic acids is 2. The minimum Gasteiger partial charge on any atom is -0.469 e. The topological polar surface area (TPSA) is 85.7 Å². The van der Waals surface area contributed by atoms with E-state index in [1.165, 1.54) is 32.2 Å². The van der Waals surface area contributed by atoms with Crippen molar-refractivity contribution in [1.82, 2.24) is 3.97 Å². The third-order valence-corrected chi connectivity index (χ3v) is 7.60. The lowest BCUT2D eigenvalue weighted by Gasteiger charge is -2.16. The highest BCUT2D eigenvalue weighted by Gasteiger charge is 2.32. The van der Waals surface area contributed by atoms with Crippen LogP contribution in [0.4, 0.5) is 18.9 Å². The molecular weight excluding hydrogens is 473 g/mol. The fourth-order valence-corrected chi connectivity index (χ4v) is 5.81. The van der Waals surface area contributed by atoms with Gasteiger partial charge in [0.2, 0.25) is 5.91 Å². The Morgan fingerprint density at radius 2 is 1.82 bits per heavy atom. The summed E-state index contributed by atoms with van der Waals surface area (Å²) in [4.78, 5) is 25.0. The fraction of sp³-hybridized carbons (Fsp3) is 0.304. The monoisotopic (exact) mass is 494 g/mol. The molecule has 1 amide bonds. The van der Waals surface area contributed by atoms with Crippen LogP contribution in [-0.4, -0.2) is 37.9 Å². The predicted octanol–water partition coefficient (Wildman–Crippen LogP) is 3.91. The molecule has 0 saturated heterocycles. The van der Waals surface area contributed by atoms with Crippen molar-refractivity contribution in [3.8, 4) is 0 Å². The molecule has 0 radical (unpaired) electrons. The third kappa shape index (κ3) is 4.15. The summed E-state index contributed by atoms with van der Waals surface area (Å²) in [5, 5.41) is 0.0854. The molecule has 0 unspecified atom stereocenters. The van der Waals surface area contributed by atoms with Gasteiger partial charge in [0.1, 0.15) is 0 Å². The highest BCUT2D eigenvalue weighted by atomic mass is 32.2. The van der Waals surface area contributed by atoms with Crippen molar-refractivity contribution in [3.05, 3.63) is 59.3 Å². The van der Waals surface area contributed by atoms with Gasteiger partial charge in [0, 0.05) is 30.2 Å². The Kier molecular flexibility index (Phi) is 5.92. The van der Waals surface area contributed by atoms with Crippen LogP contribution >= 0.6 is 0 Å². The molecule has 1 aliphatic heterocycles. The number of ether oxygens (including phenoxy) is 1. The quantitative estimate of drug-likeness (QED) is 0.502. The Labute approximate surface area is 193 Å². The van der Waals surface area contributed by atoms with Gasteiger partial charge in [0.25, 0.3) is 10.0 Å². The number of hydrogen-bond acceptors (Lipinski definition) is 5. The number of hydrogen-bond donors (Lipinski definition) is 0. The standard InChI is InChI=1S/C23H21F3N2O5S/c1-14(29)27-10-9-15-13-19(5-7-20(15)27)34(31,32)28-18(4-8-22(30)33-2)12-16-11-17(23(24,25)26)3-6-21(16)28/h3,5-7,11-13H,4,8-10H2,1-2H3. The van der Waals surface area contributed by atoms with Crippen LogP contribution < -0.4 is 4.90 Å². The molecule has 7 nitrogen and oxygen atoms in total. The molecule has 180 valence electrons. The van der Waals surface area contributed by atoms with E-state index in [0.29, 0.717) is 24.2 Å². The molecule has 2 aromatic carbocycles. The SMILES string of the molecule is COC(=O)CCc1cc2cc(C(F)(F)F)ccc2n1S(=O)(=O)c1ccc2c(c1)CCN2C(C)=O. The molecule has 4 rings (SSSR count). The van der Waals surface area contributed by atoms with Gasteiger partial charge in [-0.05, 0) is 60.9 Å². The number of alkyl halides is 3. The summed E-state index contributed by atoms with van der Waals surface area (Å²) in [6, 6.07) is 8.57. The van der Waals surface area contributed by atoms with Crippen molar-refractivity contribution < 1.29 is 35.9 Å². The van der Waals surface area contributed by atoms with Crippen LogP contribution in [0.3, 0.4) is 0 Å². The first-order valence-electron chi connectivity index (χ1n) is 10.4. The number of anilines is 1. The van der Waals surface area contributed by atoms with Crippen LogP contribution in [0.2, 0.25) is 0 Å². The lowest BCUT2D eigenvalue weighted by atomic mass is 10.1. The Hall–Kier alpha value is -3.34. The van der Waals surface area contributed by atoms with Gasteiger partial charge in [-0.25, -0.2) is 12.4 Å². The van der Waals surface area contributed by atoms with Gasteiger partial charge in [-0.15, -0.1) is 0 Å². The highest BCUT2D eigenvalue weighted by Crippen LogP contribution is 2.35. The first-order valence-corrected chi connectivity index (χ1v) is 11.8. The summed E-state index contributed by atoms with van der Waals surface area (Å²) >= 11 is 0. The fourth-order valence-electron chi connectivity index (χ4n) is 4.19. The molecular formula is C23H21F3N2O5S. The average molecular weight is 494 g/mol. The Morgan fingerprint density at radius 3 is 2.47 bits per heavy atom. The van der Waals surface area contributed by atoms with Gasteiger partial charge < -0.3 is 9.64 Å². The van der Waals surface area contributed by atoms with Crippen LogP contribution in [0.25, 0.3) is 10.9 Å². The smallest absolute Gasteiger partial charge is 0.416 e. The van der Waals surface area contributed by atoms with Gasteiger partial charge >= 0.3 is 12.1 Å². The molecule has 2 heterocycles. The number of aryl methyl sites for hydroxylation is 1. The van der Waals surface area contributed by atoms with Crippen molar-refractivity contribution in [2.24, 2.45) is 0 Å². The molecule has 3 aromatic rings. The summed E-state index contributed by atoms with van der Waals surface area (Å²) in [5.41, 5.74) is 0.632. The van der Waals surface area contributed by atoms with Crippen molar-refractivity contribution in [3.63, 3.8) is 0 Å². The molecule has 0 fully saturated rings. The van der Waals surface area contributed by atoms with E-state index in [0.717, 1.165) is 22.2 Å². The normalized spacial score (nSPS) is 13.9. The van der Waals surface area contributed by atoms with E-state index in [-0.39, 0.29) is 40.2 Å². The maximum Gasteiger partial charge on any atom is 0.416 e. The van der Waals surface area contributed by atoms with E-state index in [1.54, 1.807) is 11.0 Å². The first-order chi connectivity index (χ1) is 15.9. The summed E-state index contributed by atoms with van der Waals surface area (Å²) in [6.45, 7) is 1.86. The maximum absolute atomic E-state index is 13.7. The number of carbonyl (C=O) groups is 2. The van der Waals surface area contributed by atoms with E-state index < -0.39 is 27.7 Å². The molecule has 0 atom stereocenters. The van der Waals surface area contributed by atoms with Gasteiger partial charge in [-0.3, -0.25) is 9.59 Å². The van der Waals surface area contributed by atoms with Gasteiger partial charge in [0.15, 0.2) is 0 Å². The molecule has 0 N–H and O–H groups in total. The van der Waals surface area contributed by atoms with Crippen LogP contribution in [0.5, 0.6) is 0 Å². The van der Waals surface area contributed by atoms with E-state index in [9.17, 15) is 31.2 Å². The molecule has 0 saturated carbocycles. The molecule has 34 heavy (non-hydrogen) atoms. The van der Waals surface area contributed by atoms with Crippen molar-refractivity contribution in [1.29, 1.82) is 0 Å². The number of benzene rings is 2. The summed E-state index contributed by atoms with van der Waals surface area (Å²) in [5.74, 6) is -0.733. The molecule has 0 bridgehead atoms. The zero-order valence-electron chi connectivity index (χ0n) is 18.3. The number of methoxy groups -OCH3 is 1. The summed E-state index contributed by atoms with van der Waals surface area (Å²) in [7, 11) is -3.04. The molecule has 1 aliphatic rings. The lowest BCUT2D eigenvalue weighted by molar-refractivity contribution is -0.140. The van der Waals surface area contributed by atoms with Gasteiger partial charge in [0.05, 0.1) is 29.5 Å². The number of esters is 1. The largest absolute Gasteiger partial charge is 0.469 e. The predicted molar refractivity (Wildman–Crippen MR) is 118 cm³/mol. The third-order valence-electron chi connectivity index (χ3n) is 5.83. The lowest BCUT2D eigenvalue weighted by Crippen LogP contribution is -2.25. The van der Waals surface area contributed by atoms with Crippen LogP contribution in [-0.2, 0) is 43.4 Å². The average Bonchev–Trinajstić information content (AvgIpc) is 3.37. The van der Waals surface area contributed by atoms with Crippen LogP contribution in [0, 0.1) is 0 Å². The van der Waals surface area contributed by atoms with Crippen molar-refractivity contribution in [2.75, 3.05) is 18.6 Å².